The lowest BCUT2D eigenvalue weighted by molar-refractivity contribution is -0.161. The van der Waals surface area contributed by atoms with E-state index in [1.165, 1.54) is 38.5 Å². The molecule has 0 aromatic heterocycles. The van der Waals surface area contributed by atoms with Gasteiger partial charge in [-0.2, -0.15) is 0 Å². The fourth-order valence-electron chi connectivity index (χ4n) is 5.15. The van der Waals surface area contributed by atoms with E-state index < -0.39 is 51.8 Å². The third kappa shape index (κ3) is 38.0. The Morgan fingerprint density at radius 1 is 0.556 bits per heavy atom. The molecule has 0 amide bonds. The summed E-state index contributed by atoms with van der Waals surface area (Å²) in [5.41, 5.74) is 0. The summed E-state index contributed by atoms with van der Waals surface area (Å²) in [5.74, 6) is -0.976. The summed E-state index contributed by atoms with van der Waals surface area (Å²) >= 11 is 0. The molecule has 54 heavy (non-hydrogen) atoms. The molecule has 0 aliphatic rings. The van der Waals surface area contributed by atoms with Crippen molar-refractivity contribution in [2.45, 2.75) is 174 Å². The first-order valence-electron chi connectivity index (χ1n) is 20.7. The van der Waals surface area contributed by atoms with Crippen LogP contribution in [0.2, 0.25) is 0 Å². The van der Waals surface area contributed by atoms with Gasteiger partial charge in [0.25, 0.3) is 0 Å². The standard InChI is InChI=1S/C43H75O10P/c1-3-5-7-9-11-13-15-17-19-20-21-23-24-26-28-30-32-34-42(46)50-38-41(39-52-54(48,49)51-37-40(45)36-44)53-43(47)35-33-31-29-27-25-22-18-16-14-12-10-8-6-4-2/h7,9,13,15-16,18-20,23-24,40-41,44-45H,3-6,8,10-12,14,17,21-22,25-39H2,1-2H3,(H,48,49)/b9-7+,15-13+,18-16+,20-19+,24-23+/t40-,41+/m0/s1. The number of rotatable bonds is 38. The highest BCUT2D eigenvalue weighted by molar-refractivity contribution is 7.47. The zero-order valence-electron chi connectivity index (χ0n) is 33.7. The minimum Gasteiger partial charge on any atom is -0.462 e. The number of ether oxygens (including phenoxy) is 2. The van der Waals surface area contributed by atoms with Crippen LogP contribution in [0.15, 0.2) is 60.8 Å². The van der Waals surface area contributed by atoms with E-state index in [0.29, 0.717) is 12.8 Å². The number of carbonyl (C=O) groups excluding carboxylic acids is 2. The van der Waals surface area contributed by atoms with Gasteiger partial charge < -0.3 is 24.6 Å². The van der Waals surface area contributed by atoms with Crippen LogP contribution in [0.25, 0.3) is 0 Å². The lowest BCUT2D eigenvalue weighted by Gasteiger charge is -2.20. The van der Waals surface area contributed by atoms with Gasteiger partial charge in [-0.3, -0.25) is 18.6 Å². The van der Waals surface area contributed by atoms with Crippen LogP contribution in [-0.4, -0.2) is 65.7 Å². The van der Waals surface area contributed by atoms with E-state index in [2.05, 4.69) is 79.1 Å². The monoisotopic (exact) mass is 783 g/mol. The summed E-state index contributed by atoms with van der Waals surface area (Å²) in [6.07, 6.45) is 41.8. The van der Waals surface area contributed by atoms with Crippen LogP contribution in [0.1, 0.15) is 162 Å². The lowest BCUT2D eigenvalue weighted by atomic mass is 10.1. The van der Waals surface area contributed by atoms with E-state index in [-0.39, 0.29) is 19.4 Å². The van der Waals surface area contributed by atoms with E-state index in [1.54, 1.807) is 0 Å². The number of allylic oxidation sites excluding steroid dienone is 10. The number of phosphoric acid groups is 1. The predicted octanol–water partition coefficient (Wildman–Crippen LogP) is 10.7. The average Bonchev–Trinajstić information content (AvgIpc) is 3.16. The molecule has 312 valence electrons. The van der Waals surface area contributed by atoms with Gasteiger partial charge in [0, 0.05) is 12.8 Å². The quantitative estimate of drug-likeness (QED) is 0.0239. The highest BCUT2D eigenvalue weighted by atomic mass is 31.2. The molecule has 0 aromatic rings. The van der Waals surface area contributed by atoms with Gasteiger partial charge in [0.1, 0.15) is 12.7 Å². The Hall–Kier alpha value is -2.33. The van der Waals surface area contributed by atoms with Gasteiger partial charge in [0.2, 0.25) is 0 Å². The predicted molar refractivity (Wildman–Crippen MR) is 219 cm³/mol. The summed E-state index contributed by atoms with van der Waals surface area (Å²) in [6.45, 7) is 2.24. The fourth-order valence-corrected chi connectivity index (χ4v) is 5.94. The molecule has 0 aliphatic heterocycles. The van der Waals surface area contributed by atoms with Crippen molar-refractivity contribution in [3.05, 3.63) is 60.8 Å². The van der Waals surface area contributed by atoms with Crippen molar-refractivity contribution in [2.75, 3.05) is 26.4 Å². The molecule has 3 atom stereocenters. The third-order valence-corrected chi connectivity index (χ3v) is 9.33. The first-order valence-corrected chi connectivity index (χ1v) is 22.2. The van der Waals surface area contributed by atoms with Crippen molar-refractivity contribution < 1.29 is 47.8 Å². The van der Waals surface area contributed by atoms with Gasteiger partial charge in [-0.05, 0) is 77.0 Å². The van der Waals surface area contributed by atoms with Gasteiger partial charge in [-0.1, -0.05) is 132 Å². The van der Waals surface area contributed by atoms with Crippen molar-refractivity contribution in [2.24, 2.45) is 0 Å². The summed E-state index contributed by atoms with van der Waals surface area (Å²) in [5, 5.41) is 18.3. The molecule has 10 nitrogen and oxygen atoms in total. The first kappa shape index (κ1) is 51.7. The van der Waals surface area contributed by atoms with Crippen LogP contribution in [0.5, 0.6) is 0 Å². The molecule has 3 N–H and O–H groups in total. The SMILES string of the molecule is CCC/C=C/C/C=C/C/C=C/C/C=C/CCCCCC(=O)OC[C@H](COP(=O)(O)OC[C@@H](O)CO)OC(=O)CCCCCCC/C=C/CCCCCCC. The summed E-state index contributed by atoms with van der Waals surface area (Å²) in [4.78, 5) is 34.9. The second-order valence-corrected chi connectivity index (χ2v) is 15.1. The van der Waals surface area contributed by atoms with Crippen molar-refractivity contribution in [1.82, 2.24) is 0 Å². The first-order chi connectivity index (χ1) is 26.2. The minimum atomic E-state index is -4.63. The molecule has 0 fully saturated rings. The number of hydrogen-bond donors (Lipinski definition) is 3. The molecule has 0 saturated carbocycles. The number of esters is 2. The van der Waals surface area contributed by atoms with Gasteiger partial charge in [0.15, 0.2) is 6.10 Å². The number of aliphatic hydroxyl groups excluding tert-OH is 2. The Labute approximate surface area is 327 Å². The second-order valence-electron chi connectivity index (χ2n) is 13.7. The van der Waals surface area contributed by atoms with E-state index in [9.17, 15) is 24.2 Å². The smallest absolute Gasteiger partial charge is 0.462 e. The van der Waals surface area contributed by atoms with Gasteiger partial charge in [0.05, 0.1) is 19.8 Å². The topological polar surface area (TPSA) is 149 Å². The molecule has 1 unspecified atom stereocenters. The maximum atomic E-state index is 12.6. The Morgan fingerprint density at radius 3 is 1.56 bits per heavy atom. The molecule has 0 aliphatic carbocycles. The van der Waals surface area contributed by atoms with E-state index >= 15 is 0 Å². The van der Waals surface area contributed by atoms with Crippen LogP contribution in [-0.2, 0) is 32.7 Å². The fraction of sp³-hybridized carbons (Fsp3) is 0.721. The van der Waals surface area contributed by atoms with Gasteiger partial charge >= 0.3 is 19.8 Å². The highest BCUT2D eigenvalue weighted by Gasteiger charge is 2.27. The average molecular weight is 783 g/mol. The van der Waals surface area contributed by atoms with Crippen LogP contribution >= 0.6 is 7.82 Å². The zero-order valence-corrected chi connectivity index (χ0v) is 34.6. The second kappa shape index (κ2) is 38.9. The number of phosphoric ester groups is 1. The van der Waals surface area contributed by atoms with E-state index in [0.717, 1.165) is 83.5 Å². The maximum Gasteiger partial charge on any atom is 0.472 e. The Bertz CT molecular complexity index is 1080. The van der Waals surface area contributed by atoms with Crippen LogP contribution in [0.3, 0.4) is 0 Å². The number of aliphatic hydroxyl groups is 2. The molecule has 11 heteroatoms. The summed E-state index contributed by atoms with van der Waals surface area (Å²) < 4.78 is 32.6. The van der Waals surface area contributed by atoms with E-state index in [4.69, 9.17) is 19.1 Å². The molecule has 0 radical (unpaired) electrons. The van der Waals surface area contributed by atoms with Crippen molar-refractivity contribution in [3.63, 3.8) is 0 Å². The number of hydrogen-bond acceptors (Lipinski definition) is 9. The van der Waals surface area contributed by atoms with Crippen molar-refractivity contribution >= 4 is 19.8 Å². The lowest BCUT2D eigenvalue weighted by Crippen LogP contribution is -2.29. The normalized spacial score (nSPS) is 14.5. The Balaban J connectivity index is 4.40. The van der Waals surface area contributed by atoms with Gasteiger partial charge in [-0.25, -0.2) is 4.57 Å². The summed E-state index contributed by atoms with van der Waals surface area (Å²) in [7, 11) is -4.63. The largest absolute Gasteiger partial charge is 0.472 e. The van der Waals surface area contributed by atoms with Crippen molar-refractivity contribution in [3.8, 4) is 0 Å². The Morgan fingerprint density at radius 2 is 1.00 bits per heavy atom. The minimum absolute atomic E-state index is 0.164. The van der Waals surface area contributed by atoms with Gasteiger partial charge in [-0.15, -0.1) is 0 Å². The number of carbonyl (C=O) groups is 2. The molecule has 0 bridgehead atoms. The maximum absolute atomic E-state index is 12.6. The molecule has 0 aromatic carbocycles. The highest BCUT2D eigenvalue weighted by Crippen LogP contribution is 2.43. The molecular weight excluding hydrogens is 707 g/mol. The van der Waals surface area contributed by atoms with Crippen LogP contribution in [0, 0.1) is 0 Å². The van der Waals surface area contributed by atoms with Crippen LogP contribution in [0.4, 0.5) is 0 Å². The molecule has 0 rings (SSSR count). The zero-order chi connectivity index (χ0) is 39.8. The number of unbranched alkanes of at least 4 members (excludes halogenated alkanes) is 14. The van der Waals surface area contributed by atoms with E-state index in [1.807, 2.05) is 0 Å². The molecular formula is C43H75O10P. The summed E-state index contributed by atoms with van der Waals surface area (Å²) in [6, 6.07) is 0. The third-order valence-electron chi connectivity index (χ3n) is 8.38. The Kier molecular flexibility index (Phi) is 37.2. The van der Waals surface area contributed by atoms with Crippen molar-refractivity contribution in [1.29, 1.82) is 0 Å². The molecule has 0 spiro atoms. The molecule has 0 heterocycles. The van der Waals surface area contributed by atoms with Crippen LogP contribution < -0.4 is 0 Å². The molecule has 0 saturated heterocycles.